The minimum Gasteiger partial charge on any atom is -1.00 e. The smallest absolute Gasteiger partial charge is 1.00 e. The summed E-state index contributed by atoms with van der Waals surface area (Å²) in [6.07, 6.45) is 0. The summed E-state index contributed by atoms with van der Waals surface area (Å²) in [4.78, 5) is 0. The van der Waals surface area contributed by atoms with Crippen molar-refractivity contribution < 1.29 is 104 Å². The molecule has 0 saturated carbocycles. The van der Waals surface area contributed by atoms with Crippen LogP contribution in [0.5, 0.6) is 0 Å². The van der Waals surface area contributed by atoms with Crippen molar-refractivity contribution in [3.05, 3.63) is 0 Å². The molecule has 0 aliphatic heterocycles. The second-order valence-corrected chi connectivity index (χ2v) is 0. The molecule has 0 amide bonds. The van der Waals surface area contributed by atoms with E-state index in [0.29, 0.717) is 0 Å². The van der Waals surface area contributed by atoms with Gasteiger partial charge in [-0.2, -0.15) is 0 Å². The Balaban J connectivity index is 0. The van der Waals surface area contributed by atoms with Crippen LogP contribution in [0.3, 0.4) is 0 Å². The van der Waals surface area contributed by atoms with Gasteiger partial charge in [0.15, 0.2) is 0 Å². The van der Waals surface area contributed by atoms with Crippen LogP contribution in [-0.4, -0.2) is 70.8 Å². The van der Waals surface area contributed by atoms with E-state index < -0.39 is 0 Å². The van der Waals surface area contributed by atoms with Crippen LogP contribution in [0.15, 0.2) is 0 Å². The molecule has 0 unspecified atom stereocenters. The second-order valence-electron chi connectivity index (χ2n) is 0. The Morgan fingerprint density at radius 2 is 0.750 bits per heavy atom. The fourth-order valence-electron chi connectivity index (χ4n) is 0. The van der Waals surface area contributed by atoms with Gasteiger partial charge in [0, 0.05) is 79.7 Å². The van der Waals surface area contributed by atoms with Crippen molar-refractivity contribution in [3.8, 4) is 0 Å². The first-order valence-electron chi connectivity index (χ1n) is 0. The van der Waals surface area contributed by atoms with Gasteiger partial charge in [-0.05, 0) is 0 Å². The van der Waals surface area contributed by atoms with Gasteiger partial charge < -0.3 is 24.8 Å². The first-order chi connectivity index (χ1) is 0. The third-order valence-electron chi connectivity index (χ3n) is 0. The van der Waals surface area contributed by atoms with Crippen LogP contribution in [0.1, 0.15) is 2.85 Å². The van der Waals surface area contributed by atoms with Gasteiger partial charge >= 0.3 is 48.9 Å². The Morgan fingerprint density at radius 1 is 0.750 bits per heavy atom. The summed E-state index contributed by atoms with van der Waals surface area (Å²) in [5, 5.41) is 0. The molecule has 0 aliphatic carbocycles. The van der Waals surface area contributed by atoms with Crippen molar-refractivity contribution in [3.63, 3.8) is 0 Å². The average Bonchev–Trinajstić information content (AvgIpc) is 0. The van der Waals surface area contributed by atoms with Crippen LogP contribution in [0.4, 0.5) is 0 Å². The van der Waals surface area contributed by atoms with Gasteiger partial charge in [-0.1, -0.05) is 0 Å². The number of rotatable bonds is 0. The van der Waals surface area contributed by atoms with Gasteiger partial charge in [0.1, 0.15) is 0 Å². The standard InChI is InChI=1S/Ba.La.Nb.4H2O.Ti.2H/h;;;4*1H2;;;/q+2;;;;;;;;2*-1. The zero-order valence-corrected chi connectivity index (χ0v) is 16.1. The molecular weight excluding hydrogens is 481 g/mol. The largest absolute Gasteiger partial charge is 2.00 e. The number of hydrogen-bond donors (Lipinski definition) is 0. The molecule has 0 rings (SSSR count). The van der Waals surface area contributed by atoms with Gasteiger partial charge in [0.2, 0.25) is 0 Å². The molecule has 4 nitrogen and oxygen atoms in total. The van der Waals surface area contributed by atoms with Gasteiger partial charge in [-0.3, -0.25) is 0 Å². The fraction of sp³-hybridized carbons (Fsp3) is 0. The average molecular weight is 491 g/mol. The molecule has 0 spiro atoms. The molecule has 0 saturated heterocycles. The third kappa shape index (κ3) is 50.1. The number of hydrogen-bond acceptors (Lipinski definition) is 0. The fourth-order valence-corrected chi connectivity index (χ4v) is 0. The van der Waals surface area contributed by atoms with E-state index in [0.717, 1.165) is 0 Å². The van der Waals surface area contributed by atoms with E-state index in [-0.39, 0.29) is 153 Å². The minimum atomic E-state index is 0. The SMILES string of the molecule is O.O.O.O.[Ba+2].[H-].[H-].[La].[Nb].[Ti]. The van der Waals surface area contributed by atoms with Crippen molar-refractivity contribution in [1.29, 1.82) is 0 Å². The maximum absolute atomic E-state index is 0. The van der Waals surface area contributed by atoms with E-state index >= 15 is 0 Å². The molecule has 0 fully saturated rings. The van der Waals surface area contributed by atoms with Crippen molar-refractivity contribution in [2.75, 3.05) is 0 Å². The molecule has 8 N–H and O–H groups in total. The zero-order chi connectivity index (χ0) is 0. The van der Waals surface area contributed by atoms with Gasteiger partial charge in [-0.25, -0.2) is 0 Å². The van der Waals surface area contributed by atoms with E-state index in [1.54, 1.807) is 0 Å². The molecule has 0 aromatic carbocycles. The topological polar surface area (TPSA) is 126 Å². The summed E-state index contributed by atoms with van der Waals surface area (Å²) >= 11 is 0. The van der Waals surface area contributed by atoms with Crippen LogP contribution in [0.25, 0.3) is 0 Å². The minimum absolute atomic E-state index is 0. The Bertz CT molecular complexity index is 23.2. The molecule has 0 aromatic rings. The summed E-state index contributed by atoms with van der Waals surface area (Å²) in [5.41, 5.74) is 0. The summed E-state index contributed by atoms with van der Waals surface area (Å²) < 4.78 is 0. The maximum Gasteiger partial charge on any atom is 2.00 e. The van der Waals surface area contributed by atoms with E-state index in [1.165, 1.54) is 0 Å². The quantitative estimate of drug-likeness (QED) is 0.313. The first kappa shape index (κ1) is 89.5. The van der Waals surface area contributed by atoms with Crippen LogP contribution in [0, 0.1) is 35.6 Å². The summed E-state index contributed by atoms with van der Waals surface area (Å²) in [6.45, 7) is 0. The normalized spacial score (nSPS) is 0. The molecule has 0 heterocycles. The molecule has 0 aromatic heterocycles. The molecular formula is H10BaLaNbO4Ti. The van der Waals surface area contributed by atoms with Gasteiger partial charge in [0.25, 0.3) is 0 Å². The predicted molar refractivity (Wildman–Crippen MR) is 22.4 cm³/mol. The van der Waals surface area contributed by atoms with Crippen LogP contribution < -0.4 is 0 Å². The Labute approximate surface area is 150 Å². The summed E-state index contributed by atoms with van der Waals surface area (Å²) in [5.74, 6) is 0. The molecule has 48 valence electrons. The predicted octanol–water partition coefficient (Wildman–Crippen LogP) is -3.46. The van der Waals surface area contributed by atoms with Crippen LogP contribution >= 0.6 is 0 Å². The van der Waals surface area contributed by atoms with E-state index in [4.69, 9.17) is 0 Å². The third-order valence-corrected chi connectivity index (χ3v) is 0. The zero-order valence-electron chi connectivity index (χ0n) is 6.23. The summed E-state index contributed by atoms with van der Waals surface area (Å²) in [7, 11) is 0. The van der Waals surface area contributed by atoms with Crippen molar-refractivity contribution in [2.45, 2.75) is 0 Å². The van der Waals surface area contributed by atoms with E-state index in [1.807, 2.05) is 0 Å². The maximum atomic E-state index is 0. The van der Waals surface area contributed by atoms with Crippen molar-refractivity contribution in [2.24, 2.45) is 0 Å². The molecule has 0 atom stereocenters. The van der Waals surface area contributed by atoms with Crippen LogP contribution in [-0.2, 0) is 44.1 Å². The molecule has 8 heteroatoms. The Morgan fingerprint density at radius 3 is 0.750 bits per heavy atom. The Kier molecular flexibility index (Phi) is 759. The van der Waals surface area contributed by atoms with Crippen molar-refractivity contribution >= 4 is 48.9 Å². The van der Waals surface area contributed by atoms with Crippen LogP contribution in [0.2, 0.25) is 0 Å². The molecule has 0 bridgehead atoms. The molecule has 0 aliphatic rings. The van der Waals surface area contributed by atoms with Gasteiger partial charge in [0.05, 0.1) is 0 Å². The monoisotopic (exact) mass is 492 g/mol. The second kappa shape index (κ2) is 67.9. The summed E-state index contributed by atoms with van der Waals surface area (Å²) in [6, 6.07) is 0. The van der Waals surface area contributed by atoms with E-state index in [2.05, 4.69) is 0 Å². The Hall–Kier alpha value is 4.06. The van der Waals surface area contributed by atoms with Crippen molar-refractivity contribution in [1.82, 2.24) is 0 Å². The molecule has 8 heavy (non-hydrogen) atoms. The first-order valence-corrected chi connectivity index (χ1v) is 0. The van der Waals surface area contributed by atoms with E-state index in [9.17, 15) is 0 Å². The van der Waals surface area contributed by atoms with Gasteiger partial charge in [-0.15, -0.1) is 0 Å². The molecule has 2 radical (unpaired) electrons.